The summed E-state index contributed by atoms with van der Waals surface area (Å²) < 4.78 is 8.31. The minimum absolute atomic E-state index is 0.0947. The lowest BCUT2D eigenvalue weighted by molar-refractivity contribution is 0.0950. The summed E-state index contributed by atoms with van der Waals surface area (Å²) in [5, 5.41) is 3.40. The first-order chi connectivity index (χ1) is 19.8. The highest BCUT2D eigenvalue weighted by molar-refractivity contribution is 5.94. The van der Waals surface area contributed by atoms with Crippen LogP contribution in [0.4, 0.5) is 0 Å². The van der Waals surface area contributed by atoms with Crippen LogP contribution in [0.5, 0.6) is 5.75 Å². The van der Waals surface area contributed by atoms with Crippen LogP contribution in [-0.2, 0) is 19.6 Å². The van der Waals surface area contributed by atoms with E-state index in [1.54, 1.807) is 42.0 Å². The van der Waals surface area contributed by atoms with E-state index in [9.17, 15) is 14.4 Å². The SMILES string of the molecule is COc1ccccc1CNC(=O)c1ccc(Cn2c(=O)c3ccccc3n(Cc3c(C)cc(C)cc3C)c2=O)cc1. The highest BCUT2D eigenvalue weighted by atomic mass is 16.5. The normalized spacial score (nSPS) is 11.0. The van der Waals surface area contributed by atoms with Crippen LogP contribution >= 0.6 is 0 Å². The minimum atomic E-state index is -0.369. The molecule has 0 atom stereocenters. The number of carbonyl (C=O) groups excluding carboxylic acids is 1. The molecule has 1 aromatic heterocycles. The van der Waals surface area contributed by atoms with Gasteiger partial charge in [-0.05, 0) is 73.4 Å². The Kier molecular flexibility index (Phi) is 7.88. The number of hydrogen-bond donors (Lipinski definition) is 1. The maximum absolute atomic E-state index is 13.8. The second-order valence-electron chi connectivity index (χ2n) is 10.3. The smallest absolute Gasteiger partial charge is 0.332 e. The van der Waals surface area contributed by atoms with Crippen LogP contribution < -0.4 is 21.3 Å². The molecule has 0 saturated carbocycles. The van der Waals surface area contributed by atoms with E-state index in [1.165, 1.54) is 10.1 Å². The van der Waals surface area contributed by atoms with Crippen LogP contribution in [0.3, 0.4) is 0 Å². The first-order valence-corrected chi connectivity index (χ1v) is 13.5. The van der Waals surface area contributed by atoms with Crippen molar-refractivity contribution in [1.82, 2.24) is 14.5 Å². The second kappa shape index (κ2) is 11.7. The molecule has 0 aliphatic rings. The topological polar surface area (TPSA) is 82.3 Å². The molecule has 0 fully saturated rings. The summed E-state index contributed by atoms with van der Waals surface area (Å²) in [4.78, 5) is 40.0. The first-order valence-electron chi connectivity index (χ1n) is 13.5. The maximum Gasteiger partial charge on any atom is 0.332 e. The number of benzene rings is 4. The van der Waals surface area contributed by atoms with Crippen molar-refractivity contribution in [2.45, 2.75) is 40.4 Å². The van der Waals surface area contributed by atoms with Crippen molar-refractivity contribution >= 4 is 16.8 Å². The highest BCUT2D eigenvalue weighted by Gasteiger charge is 2.16. The van der Waals surface area contributed by atoms with Crippen LogP contribution in [0.2, 0.25) is 0 Å². The van der Waals surface area contributed by atoms with E-state index in [-0.39, 0.29) is 23.7 Å². The number of hydrogen-bond acceptors (Lipinski definition) is 4. The first kappa shape index (κ1) is 27.6. The lowest BCUT2D eigenvalue weighted by Crippen LogP contribution is -2.40. The van der Waals surface area contributed by atoms with Gasteiger partial charge in [0, 0.05) is 17.7 Å². The van der Waals surface area contributed by atoms with Crippen molar-refractivity contribution in [2.24, 2.45) is 0 Å². The fourth-order valence-corrected chi connectivity index (χ4v) is 5.35. The number of rotatable bonds is 8. The Labute approximate surface area is 238 Å². The Morgan fingerprint density at radius 2 is 1.46 bits per heavy atom. The summed E-state index contributed by atoms with van der Waals surface area (Å²) >= 11 is 0. The lowest BCUT2D eigenvalue weighted by atomic mass is 9.99. The molecule has 4 aromatic carbocycles. The predicted molar refractivity (Wildman–Crippen MR) is 162 cm³/mol. The van der Waals surface area contributed by atoms with Gasteiger partial charge in [0.25, 0.3) is 11.5 Å². The van der Waals surface area contributed by atoms with Gasteiger partial charge in [-0.1, -0.05) is 60.2 Å². The Hall–Kier alpha value is -4.91. The van der Waals surface area contributed by atoms with Crippen LogP contribution in [-0.4, -0.2) is 22.2 Å². The number of aromatic nitrogens is 2. The highest BCUT2D eigenvalue weighted by Crippen LogP contribution is 2.20. The molecule has 41 heavy (non-hydrogen) atoms. The van der Waals surface area contributed by atoms with Crippen molar-refractivity contribution in [2.75, 3.05) is 7.11 Å². The van der Waals surface area contributed by atoms with Crippen molar-refractivity contribution in [3.8, 4) is 5.75 Å². The van der Waals surface area contributed by atoms with Gasteiger partial charge in [-0.15, -0.1) is 0 Å². The zero-order valence-corrected chi connectivity index (χ0v) is 23.7. The van der Waals surface area contributed by atoms with Crippen LogP contribution in [0.1, 0.15) is 43.7 Å². The number of nitrogens with one attached hydrogen (secondary N) is 1. The Bertz CT molecular complexity index is 1840. The summed E-state index contributed by atoms with van der Waals surface area (Å²) in [6, 6.07) is 25.9. The van der Waals surface area contributed by atoms with E-state index < -0.39 is 0 Å². The average Bonchev–Trinajstić information content (AvgIpc) is 2.97. The van der Waals surface area contributed by atoms with Crippen molar-refractivity contribution in [1.29, 1.82) is 0 Å². The molecule has 1 heterocycles. The number of aryl methyl sites for hydroxylation is 3. The zero-order valence-electron chi connectivity index (χ0n) is 23.7. The minimum Gasteiger partial charge on any atom is -0.496 e. The zero-order chi connectivity index (χ0) is 29.1. The molecule has 5 rings (SSSR count). The molecule has 0 aliphatic heterocycles. The molecule has 0 spiro atoms. The number of fused-ring (bicyclic) bond motifs is 1. The molecule has 0 saturated heterocycles. The number of carbonyl (C=O) groups is 1. The number of amides is 1. The molecule has 0 radical (unpaired) electrons. The number of ether oxygens (including phenoxy) is 1. The van der Waals surface area contributed by atoms with Crippen LogP contribution in [0, 0.1) is 20.8 Å². The number of methoxy groups -OCH3 is 1. The largest absolute Gasteiger partial charge is 0.496 e. The third kappa shape index (κ3) is 5.70. The molecule has 1 amide bonds. The van der Waals surface area contributed by atoms with Crippen molar-refractivity contribution in [3.63, 3.8) is 0 Å². The van der Waals surface area contributed by atoms with E-state index in [0.717, 1.165) is 27.8 Å². The molecule has 0 unspecified atom stereocenters. The van der Waals surface area contributed by atoms with Crippen molar-refractivity contribution < 1.29 is 9.53 Å². The summed E-state index contributed by atoms with van der Waals surface area (Å²) in [5.74, 6) is 0.485. The Balaban J connectivity index is 1.43. The summed E-state index contributed by atoms with van der Waals surface area (Å²) in [5.41, 5.74) is 6.46. The maximum atomic E-state index is 13.8. The number of nitrogens with zero attached hydrogens (tertiary/aromatic N) is 2. The van der Waals surface area contributed by atoms with Gasteiger partial charge in [-0.3, -0.25) is 18.7 Å². The van der Waals surface area contributed by atoms with Gasteiger partial charge in [0.1, 0.15) is 5.75 Å². The quantitative estimate of drug-likeness (QED) is 0.292. The molecule has 7 nitrogen and oxygen atoms in total. The molecule has 0 bridgehead atoms. The molecular weight excluding hydrogens is 514 g/mol. The predicted octanol–water partition coefficient (Wildman–Crippen LogP) is 5.12. The molecular formula is C34H33N3O4. The van der Waals surface area contributed by atoms with E-state index in [4.69, 9.17) is 4.74 Å². The summed E-state index contributed by atoms with van der Waals surface area (Å²) in [7, 11) is 1.60. The summed E-state index contributed by atoms with van der Waals surface area (Å²) in [6.07, 6.45) is 0. The van der Waals surface area contributed by atoms with Crippen LogP contribution in [0.15, 0.2) is 94.5 Å². The van der Waals surface area contributed by atoms with E-state index in [0.29, 0.717) is 35.3 Å². The molecule has 1 N–H and O–H groups in total. The van der Waals surface area contributed by atoms with Gasteiger partial charge in [-0.25, -0.2) is 4.79 Å². The fourth-order valence-electron chi connectivity index (χ4n) is 5.35. The third-order valence-electron chi connectivity index (χ3n) is 7.48. The van der Waals surface area contributed by atoms with E-state index in [1.807, 2.05) is 56.3 Å². The van der Waals surface area contributed by atoms with Gasteiger partial charge < -0.3 is 10.1 Å². The van der Waals surface area contributed by atoms with Gasteiger partial charge in [-0.2, -0.15) is 0 Å². The summed E-state index contributed by atoms with van der Waals surface area (Å²) in [6.45, 7) is 6.94. The lowest BCUT2D eigenvalue weighted by Gasteiger charge is -2.17. The molecule has 7 heteroatoms. The Morgan fingerprint density at radius 1 is 0.805 bits per heavy atom. The standard InChI is InChI=1S/C34H33N3O4/c1-22-17-23(2)29(24(3)18-22)21-36-30-11-7-6-10-28(30)33(39)37(34(36)40)20-25-13-15-26(16-14-25)32(38)35-19-27-9-5-8-12-31(27)41-4/h5-18H,19-21H2,1-4H3,(H,35,38). The van der Waals surface area contributed by atoms with Gasteiger partial charge in [0.05, 0.1) is 31.1 Å². The van der Waals surface area contributed by atoms with Gasteiger partial charge in [0.2, 0.25) is 0 Å². The van der Waals surface area contributed by atoms with E-state index >= 15 is 0 Å². The average molecular weight is 548 g/mol. The molecule has 208 valence electrons. The van der Waals surface area contributed by atoms with Gasteiger partial charge >= 0.3 is 5.69 Å². The third-order valence-corrected chi connectivity index (χ3v) is 7.48. The van der Waals surface area contributed by atoms with Crippen LogP contribution in [0.25, 0.3) is 10.9 Å². The van der Waals surface area contributed by atoms with E-state index in [2.05, 4.69) is 24.4 Å². The fraction of sp³-hybridized carbons (Fsp3) is 0.206. The Morgan fingerprint density at radius 3 is 2.17 bits per heavy atom. The molecule has 0 aliphatic carbocycles. The van der Waals surface area contributed by atoms with Crippen molar-refractivity contribution in [3.05, 3.63) is 145 Å². The molecule has 5 aromatic rings. The van der Waals surface area contributed by atoms with Gasteiger partial charge in [0.15, 0.2) is 0 Å². The second-order valence-corrected chi connectivity index (χ2v) is 10.3. The number of para-hydroxylation sites is 2. The monoisotopic (exact) mass is 547 g/mol.